The van der Waals surface area contributed by atoms with Crippen LogP contribution in [0.3, 0.4) is 0 Å². The zero-order valence-corrected chi connectivity index (χ0v) is 11.1. The number of carbonyl (C=O) groups is 1. The zero-order chi connectivity index (χ0) is 13.8. The average Bonchev–Trinajstić information content (AvgIpc) is 2.38. The van der Waals surface area contributed by atoms with Crippen LogP contribution in [0.1, 0.15) is 12.0 Å². The van der Waals surface area contributed by atoms with Gasteiger partial charge in [0.05, 0.1) is 0 Å². The van der Waals surface area contributed by atoms with Gasteiger partial charge in [-0.1, -0.05) is 0 Å². The summed E-state index contributed by atoms with van der Waals surface area (Å²) in [6, 6.07) is 4.66. The normalized spacial score (nSPS) is 16.6. The molecule has 0 radical (unpaired) electrons. The molecule has 0 spiro atoms. The lowest BCUT2D eigenvalue weighted by molar-refractivity contribution is -0.136. The number of aryl methyl sites for hydroxylation is 1. The number of nitrogens with zero attached hydrogens (tertiary/aromatic N) is 2. The second kappa shape index (κ2) is 6.02. The maximum Gasteiger partial charge on any atom is 0.303 e. The molecule has 0 amide bonds. The number of likely N-dealkylation sites (N-methyl/N-ethyl adjacent to an activating group) is 1. The van der Waals surface area contributed by atoms with Crippen molar-refractivity contribution in [2.75, 3.05) is 38.1 Å². The third-order valence-electron chi connectivity index (χ3n) is 3.49. The fourth-order valence-corrected chi connectivity index (χ4v) is 2.35. The van der Waals surface area contributed by atoms with Crippen LogP contribution in [0.5, 0.6) is 0 Å². The molecule has 0 atom stereocenters. The Labute approximate surface area is 112 Å². The summed E-state index contributed by atoms with van der Waals surface area (Å²) in [6.45, 7) is 3.72. The van der Waals surface area contributed by atoms with Crippen molar-refractivity contribution in [1.29, 1.82) is 0 Å². The highest BCUT2D eigenvalue weighted by atomic mass is 19.1. The molecular weight excluding hydrogens is 247 g/mol. The van der Waals surface area contributed by atoms with Crippen LogP contribution >= 0.6 is 0 Å². The summed E-state index contributed by atoms with van der Waals surface area (Å²) in [5, 5.41) is 8.77. The van der Waals surface area contributed by atoms with Crippen LogP contribution in [0.4, 0.5) is 10.1 Å². The molecule has 1 aromatic rings. The third-order valence-corrected chi connectivity index (χ3v) is 3.49. The highest BCUT2D eigenvalue weighted by Gasteiger charge is 2.17. The van der Waals surface area contributed by atoms with E-state index in [1.807, 2.05) is 0 Å². The number of aliphatic carboxylic acids is 1. The van der Waals surface area contributed by atoms with E-state index in [4.69, 9.17) is 5.11 Å². The summed E-state index contributed by atoms with van der Waals surface area (Å²) >= 11 is 0. The van der Waals surface area contributed by atoms with Crippen LogP contribution in [0, 0.1) is 5.82 Å². The first-order valence-corrected chi connectivity index (χ1v) is 6.50. The van der Waals surface area contributed by atoms with Gasteiger partial charge in [-0.15, -0.1) is 0 Å². The molecule has 1 saturated heterocycles. The zero-order valence-electron chi connectivity index (χ0n) is 11.1. The Morgan fingerprint density at radius 2 is 2.00 bits per heavy atom. The number of carboxylic acids is 1. The van der Waals surface area contributed by atoms with Gasteiger partial charge in [0.2, 0.25) is 0 Å². The smallest absolute Gasteiger partial charge is 0.303 e. The summed E-state index contributed by atoms with van der Waals surface area (Å²) in [6.07, 6.45) is 0.402. The van der Waals surface area contributed by atoms with Gasteiger partial charge in [0.1, 0.15) is 5.82 Å². The molecule has 0 unspecified atom stereocenters. The van der Waals surface area contributed by atoms with E-state index in [0.717, 1.165) is 37.4 Å². The molecule has 0 aliphatic carbocycles. The van der Waals surface area contributed by atoms with Crippen molar-refractivity contribution < 1.29 is 14.3 Å². The number of halogens is 1. The van der Waals surface area contributed by atoms with Gasteiger partial charge in [-0.3, -0.25) is 4.79 Å². The van der Waals surface area contributed by atoms with Gasteiger partial charge < -0.3 is 14.9 Å². The van der Waals surface area contributed by atoms with Crippen LogP contribution in [0.2, 0.25) is 0 Å². The Bertz CT molecular complexity index is 457. The van der Waals surface area contributed by atoms with E-state index in [2.05, 4.69) is 16.8 Å². The molecular formula is C14H19FN2O2. The third kappa shape index (κ3) is 3.67. The number of hydrogen-bond donors (Lipinski definition) is 1. The molecule has 1 aromatic carbocycles. The van der Waals surface area contributed by atoms with Gasteiger partial charge in [0.15, 0.2) is 0 Å². The lowest BCUT2D eigenvalue weighted by Crippen LogP contribution is -2.44. The van der Waals surface area contributed by atoms with Gasteiger partial charge >= 0.3 is 5.97 Å². The number of carboxylic acid groups (broad SMARTS) is 1. The van der Waals surface area contributed by atoms with Crippen molar-refractivity contribution in [3.05, 3.63) is 29.6 Å². The first kappa shape index (κ1) is 13.8. The Hall–Kier alpha value is -1.62. The molecule has 104 valence electrons. The minimum Gasteiger partial charge on any atom is -0.481 e. The number of anilines is 1. The van der Waals surface area contributed by atoms with Gasteiger partial charge in [0, 0.05) is 38.3 Å². The second-order valence-electron chi connectivity index (χ2n) is 4.96. The van der Waals surface area contributed by atoms with Crippen LogP contribution in [0.15, 0.2) is 18.2 Å². The highest BCUT2D eigenvalue weighted by molar-refractivity contribution is 5.68. The molecule has 2 rings (SSSR count). The summed E-state index contributed by atoms with van der Waals surface area (Å²) in [5.74, 6) is -1.16. The van der Waals surface area contributed by atoms with E-state index < -0.39 is 5.97 Å². The Balaban J connectivity index is 2.16. The van der Waals surface area contributed by atoms with E-state index in [9.17, 15) is 9.18 Å². The van der Waals surface area contributed by atoms with Crippen molar-refractivity contribution in [1.82, 2.24) is 4.90 Å². The van der Waals surface area contributed by atoms with Crippen LogP contribution < -0.4 is 4.90 Å². The first-order chi connectivity index (χ1) is 9.06. The molecule has 1 aliphatic heterocycles. The lowest BCUT2D eigenvalue weighted by atomic mass is 10.1. The predicted molar refractivity (Wildman–Crippen MR) is 72.1 cm³/mol. The largest absolute Gasteiger partial charge is 0.481 e. The maximum absolute atomic E-state index is 13.3. The molecule has 19 heavy (non-hydrogen) atoms. The molecule has 0 saturated carbocycles. The number of hydrogen-bond acceptors (Lipinski definition) is 3. The summed E-state index contributed by atoms with van der Waals surface area (Å²) in [5.41, 5.74) is 1.75. The predicted octanol–water partition coefficient (Wildman–Crippen LogP) is 1.59. The minimum atomic E-state index is -0.853. The molecule has 0 aromatic heterocycles. The quantitative estimate of drug-likeness (QED) is 0.899. The van der Waals surface area contributed by atoms with Crippen molar-refractivity contribution in [3.63, 3.8) is 0 Å². The Morgan fingerprint density at radius 3 is 2.63 bits per heavy atom. The summed E-state index contributed by atoms with van der Waals surface area (Å²) in [4.78, 5) is 15.1. The molecule has 4 nitrogen and oxygen atoms in total. The molecule has 5 heteroatoms. The minimum absolute atomic E-state index is 0.0319. The van der Waals surface area contributed by atoms with Crippen molar-refractivity contribution in [3.8, 4) is 0 Å². The van der Waals surface area contributed by atoms with Gasteiger partial charge in [-0.25, -0.2) is 4.39 Å². The highest BCUT2D eigenvalue weighted by Crippen LogP contribution is 2.24. The topological polar surface area (TPSA) is 43.8 Å². The van der Waals surface area contributed by atoms with Crippen LogP contribution in [-0.4, -0.2) is 49.2 Å². The molecule has 1 aliphatic rings. The Kier molecular flexibility index (Phi) is 4.37. The Morgan fingerprint density at radius 1 is 1.32 bits per heavy atom. The van der Waals surface area contributed by atoms with Gasteiger partial charge in [0.25, 0.3) is 0 Å². The SMILES string of the molecule is CN1CCN(c2ccc(F)cc2CCC(=O)O)CC1. The van der Waals surface area contributed by atoms with E-state index in [1.165, 1.54) is 12.1 Å². The second-order valence-corrected chi connectivity index (χ2v) is 4.96. The van der Waals surface area contributed by atoms with E-state index in [-0.39, 0.29) is 12.2 Å². The summed E-state index contributed by atoms with van der Waals surface area (Å²) < 4.78 is 13.3. The first-order valence-electron chi connectivity index (χ1n) is 6.50. The fraction of sp³-hybridized carbons (Fsp3) is 0.500. The van der Waals surface area contributed by atoms with Gasteiger partial charge in [-0.05, 0) is 37.2 Å². The number of benzene rings is 1. The van der Waals surface area contributed by atoms with Crippen molar-refractivity contribution in [2.24, 2.45) is 0 Å². The lowest BCUT2D eigenvalue weighted by Gasteiger charge is -2.35. The molecule has 1 N–H and O–H groups in total. The molecule has 1 heterocycles. The fourth-order valence-electron chi connectivity index (χ4n) is 2.35. The van der Waals surface area contributed by atoms with E-state index in [1.54, 1.807) is 6.07 Å². The van der Waals surface area contributed by atoms with E-state index >= 15 is 0 Å². The van der Waals surface area contributed by atoms with Crippen LogP contribution in [-0.2, 0) is 11.2 Å². The number of piperazine rings is 1. The van der Waals surface area contributed by atoms with Crippen molar-refractivity contribution >= 4 is 11.7 Å². The molecule has 0 bridgehead atoms. The maximum atomic E-state index is 13.3. The van der Waals surface area contributed by atoms with E-state index in [0.29, 0.717) is 6.42 Å². The monoisotopic (exact) mass is 266 g/mol. The van der Waals surface area contributed by atoms with Gasteiger partial charge in [-0.2, -0.15) is 0 Å². The molecule has 1 fully saturated rings. The standard InChI is InChI=1S/C14H19FN2O2/c1-16-6-8-17(9-7-16)13-4-3-12(15)10-11(13)2-5-14(18)19/h3-4,10H,2,5-9H2,1H3,(H,18,19). The number of rotatable bonds is 4. The average molecular weight is 266 g/mol. The summed E-state index contributed by atoms with van der Waals surface area (Å²) in [7, 11) is 2.08. The van der Waals surface area contributed by atoms with Crippen LogP contribution in [0.25, 0.3) is 0 Å². The van der Waals surface area contributed by atoms with Crippen molar-refractivity contribution in [2.45, 2.75) is 12.8 Å².